The van der Waals surface area contributed by atoms with E-state index in [4.69, 9.17) is 15.0 Å². The van der Waals surface area contributed by atoms with Crippen LogP contribution < -0.4 is 11.3 Å². The summed E-state index contributed by atoms with van der Waals surface area (Å²) in [4.78, 5) is 0. The summed E-state index contributed by atoms with van der Waals surface area (Å²) in [6.45, 7) is 4.79. The molecular formula is C11H20N2O2. The fraction of sp³-hybridized carbons (Fsp3) is 0.636. The van der Waals surface area contributed by atoms with E-state index < -0.39 is 0 Å². The maximum Gasteiger partial charge on any atom is 0.122 e. The van der Waals surface area contributed by atoms with Crippen molar-refractivity contribution in [2.45, 2.75) is 26.3 Å². The summed E-state index contributed by atoms with van der Waals surface area (Å²) in [5.41, 5.74) is 2.79. The Morgan fingerprint density at radius 1 is 1.53 bits per heavy atom. The van der Waals surface area contributed by atoms with Crippen molar-refractivity contribution in [1.82, 2.24) is 5.43 Å². The highest BCUT2D eigenvalue weighted by Gasteiger charge is 2.20. The number of aryl methyl sites for hydroxylation is 1. The van der Waals surface area contributed by atoms with Crippen molar-refractivity contribution < 1.29 is 9.15 Å². The first kappa shape index (κ1) is 12.2. The van der Waals surface area contributed by atoms with E-state index in [1.165, 1.54) is 0 Å². The van der Waals surface area contributed by atoms with Crippen LogP contribution in [0.5, 0.6) is 0 Å². The molecule has 0 spiro atoms. The molecule has 1 rings (SSSR count). The SMILES string of the molecule is COCCC(C)C(NN)c1ccc(C)o1. The lowest BCUT2D eigenvalue weighted by molar-refractivity contribution is 0.166. The van der Waals surface area contributed by atoms with E-state index in [9.17, 15) is 0 Å². The monoisotopic (exact) mass is 212 g/mol. The average molecular weight is 212 g/mol. The van der Waals surface area contributed by atoms with Crippen LogP contribution in [-0.2, 0) is 4.74 Å². The van der Waals surface area contributed by atoms with E-state index in [-0.39, 0.29) is 6.04 Å². The van der Waals surface area contributed by atoms with Gasteiger partial charge in [0.1, 0.15) is 11.5 Å². The molecule has 0 aliphatic rings. The second-order valence-electron chi connectivity index (χ2n) is 3.85. The summed E-state index contributed by atoms with van der Waals surface area (Å²) in [5, 5.41) is 0. The standard InChI is InChI=1S/C11H20N2O2/c1-8(6-7-14-3)11(13-12)10-5-4-9(2)15-10/h4-5,8,11,13H,6-7,12H2,1-3H3. The number of hydrogen-bond donors (Lipinski definition) is 2. The van der Waals surface area contributed by atoms with Crippen LogP contribution in [-0.4, -0.2) is 13.7 Å². The van der Waals surface area contributed by atoms with E-state index in [1.807, 2.05) is 19.1 Å². The fourth-order valence-electron chi connectivity index (χ4n) is 1.62. The first-order valence-corrected chi connectivity index (χ1v) is 5.20. The Balaban J connectivity index is 2.62. The van der Waals surface area contributed by atoms with Gasteiger partial charge in [0.25, 0.3) is 0 Å². The van der Waals surface area contributed by atoms with Crippen LogP contribution in [0.15, 0.2) is 16.5 Å². The van der Waals surface area contributed by atoms with Crippen molar-refractivity contribution in [3.05, 3.63) is 23.7 Å². The van der Waals surface area contributed by atoms with Crippen LogP contribution in [0.4, 0.5) is 0 Å². The number of furan rings is 1. The third-order valence-corrected chi connectivity index (χ3v) is 2.59. The van der Waals surface area contributed by atoms with Crippen molar-refractivity contribution in [3.8, 4) is 0 Å². The zero-order valence-electron chi connectivity index (χ0n) is 9.62. The molecule has 86 valence electrons. The Labute approximate surface area is 90.8 Å². The summed E-state index contributed by atoms with van der Waals surface area (Å²) < 4.78 is 10.6. The topological polar surface area (TPSA) is 60.4 Å². The minimum absolute atomic E-state index is 0.0499. The Morgan fingerprint density at radius 2 is 2.27 bits per heavy atom. The molecule has 0 radical (unpaired) electrons. The maximum absolute atomic E-state index is 5.55. The summed E-state index contributed by atoms with van der Waals surface area (Å²) in [6.07, 6.45) is 0.950. The molecule has 1 heterocycles. The number of ether oxygens (including phenoxy) is 1. The van der Waals surface area contributed by atoms with Gasteiger partial charge < -0.3 is 9.15 Å². The molecule has 4 nitrogen and oxygen atoms in total. The van der Waals surface area contributed by atoms with E-state index >= 15 is 0 Å². The van der Waals surface area contributed by atoms with E-state index in [2.05, 4.69) is 12.3 Å². The Morgan fingerprint density at radius 3 is 2.73 bits per heavy atom. The highest BCUT2D eigenvalue weighted by Crippen LogP contribution is 2.25. The molecular weight excluding hydrogens is 192 g/mol. The minimum Gasteiger partial charge on any atom is -0.465 e. The molecule has 3 N–H and O–H groups in total. The van der Waals surface area contributed by atoms with Gasteiger partial charge in [-0.05, 0) is 31.4 Å². The van der Waals surface area contributed by atoms with Crippen molar-refractivity contribution in [1.29, 1.82) is 0 Å². The van der Waals surface area contributed by atoms with Crippen molar-refractivity contribution in [2.24, 2.45) is 11.8 Å². The van der Waals surface area contributed by atoms with Gasteiger partial charge in [0.15, 0.2) is 0 Å². The zero-order valence-corrected chi connectivity index (χ0v) is 9.62. The fourth-order valence-corrected chi connectivity index (χ4v) is 1.62. The maximum atomic E-state index is 5.55. The second-order valence-corrected chi connectivity index (χ2v) is 3.85. The van der Waals surface area contributed by atoms with Gasteiger partial charge >= 0.3 is 0 Å². The molecule has 0 aliphatic heterocycles. The molecule has 0 amide bonds. The van der Waals surface area contributed by atoms with Gasteiger partial charge in [0.05, 0.1) is 6.04 Å². The van der Waals surface area contributed by atoms with E-state index in [0.29, 0.717) is 5.92 Å². The number of rotatable bonds is 6. The number of hydrazine groups is 1. The lowest BCUT2D eigenvalue weighted by Crippen LogP contribution is -2.32. The molecule has 0 bridgehead atoms. The molecule has 15 heavy (non-hydrogen) atoms. The molecule has 0 saturated heterocycles. The molecule has 1 aromatic heterocycles. The van der Waals surface area contributed by atoms with Crippen LogP contribution in [0.1, 0.15) is 30.9 Å². The smallest absolute Gasteiger partial charge is 0.122 e. The van der Waals surface area contributed by atoms with Crippen LogP contribution >= 0.6 is 0 Å². The van der Waals surface area contributed by atoms with Crippen molar-refractivity contribution >= 4 is 0 Å². The first-order chi connectivity index (χ1) is 7.19. The Bertz CT molecular complexity index is 286. The summed E-state index contributed by atoms with van der Waals surface area (Å²) in [6, 6.07) is 3.96. The highest BCUT2D eigenvalue weighted by molar-refractivity contribution is 5.10. The molecule has 0 aromatic carbocycles. The molecule has 0 saturated carbocycles. The predicted molar refractivity (Wildman–Crippen MR) is 59.2 cm³/mol. The molecule has 0 fully saturated rings. The average Bonchev–Trinajstić information content (AvgIpc) is 2.63. The van der Waals surface area contributed by atoms with Crippen molar-refractivity contribution in [2.75, 3.05) is 13.7 Å². The highest BCUT2D eigenvalue weighted by atomic mass is 16.5. The number of nitrogens with two attached hydrogens (primary N) is 1. The van der Waals surface area contributed by atoms with Crippen molar-refractivity contribution in [3.63, 3.8) is 0 Å². The second kappa shape index (κ2) is 5.90. The predicted octanol–water partition coefficient (Wildman–Crippen LogP) is 1.77. The van der Waals surface area contributed by atoms with Gasteiger partial charge in [-0.2, -0.15) is 0 Å². The molecule has 2 atom stereocenters. The van der Waals surface area contributed by atoms with E-state index in [0.717, 1.165) is 24.5 Å². The first-order valence-electron chi connectivity index (χ1n) is 5.20. The Kier molecular flexibility index (Phi) is 4.81. The van der Waals surface area contributed by atoms with Gasteiger partial charge in [-0.1, -0.05) is 6.92 Å². The van der Waals surface area contributed by atoms with Crippen LogP contribution in [0, 0.1) is 12.8 Å². The summed E-state index contributed by atoms with van der Waals surface area (Å²) >= 11 is 0. The lowest BCUT2D eigenvalue weighted by Gasteiger charge is -2.20. The summed E-state index contributed by atoms with van der Waals surface area (Å²) in [5.74, 6) is 7.71. The van der Waals surface area contributed by atoms with Gasteiger partial charge in [-0.15, -0.1) is 0 Å². The summed E-state index contributed by atoms with van der Waals surface area (Å²) in [7, 11) is 1.70. The number of methoxy groups -OCH3 is 1. The molecule has 0 aliphatic carbocycles. The third kappa shape index (κ3) is 3.34. The Hall–Kier alpha value is -0.840. The zero-order chi connectivity index (χ0) is 11.3. The van der Waals surface area contributed by atoms with Gasteiger partial charge in [-0.3, -0.25) is 5.84 Å². The van der Waals surface area contributed by atoms with Gasteiger partial charge in [0.2, 0.25) is 0 Å². The number of nitrogens with one attached hydrogen (secondary N) is 1. The van der Waals surface area contributed by atoms with E-state index in [1.54, 1.807) is 7.11 Å². The van der Waals surface area contributed by atoms with Gasteiger partial charge in [0, 0.05) is 13.7 Å². The molecule has 2 unspecified atom stereocenters. The van der Waals surface area contributed by atoms with Crippen LogP contribution in [0.25, 0.3) is 0 Å². The third-order valence-electron chi connectivity index (χ3n) is 2.59. The van der Waals surface area contributed by atoms with Gasteiger partial charge in [-0.25, -0.2) is 5.43 Å². The molecule has 4 heteroatoms. The number of hydrogen-bond acceptors (Lipinski definition) is 4. The largest absolute Gasteiger partial charge is 0.465 e. The molecule has 1 aromatic rings. The van der Waals surface area contributed by atoms with Crippen LogP contribution in [0.2, 0.25) is 0 Å². The lowest BCUT2D eigenvalue weighted by atomic mass is 9.97. The van der Waals surface area contributed by atoms with Crippen LogP contribution in [0.3, 0.4) is 0 Å². The minimum atomic E-state index is 0.0499. The quantitative estimate of drug-likeness (QED) is 0.557. The normalized spacial score (nSPS) is 15.2.